The summed E-state index contributed by atoms with van der Waals surface area (Å²) in [6.07, 6.45) is 2.61. The number of rotatable bonds is 9. The van der Waals surface area contributed by atoms with Crippen LogP contribution in [0.3, 0.4) is 0 Å². The van der Waals surface area contributed by atoms with Gasteiger partial charge in [0.25, 0.3) is 0 Å². The van der Waals surface area contributed by atoms with E-state index in [2.05, 4.69) is 15.9 Å². The summed E-state index contributed by atoms with van der Waals surface area (Å²) in [5.41, 5.74) is 4.32. The average molecular weight is 676 g/mol. The van der Waals surface area contributed by atoms with Gasteiger partial charge in [-0.25, -0.2) is 21.8 Å². The third-order valence-corrected chi connectivity index (χ3v) is 9.92. The average Bonchev–Trinajstić information content (AvgIpc) is 3.24. The number of nitrogens with zero attached hydrogens (tertiary/aromatic N) is 2. The van der Waals surface area contributed by atoms with Crippen LogP contribution in [-0.4, -0.2) is 45.5 Å². The third-order valence-electron chi connectivity index (χ3n) is 6.72. The van der Waals surface area contributed by atoms with Gasteiger partial charge in [-0.3, -0.25) is 0 Å². The first-order valence-corrected chi connectivity index (χ1v) is 17.2. The smallest absolute Gasteiger partial charge is 0.387 e. The van der Waals surface area contributed by atoms with Crippen LogP contribution in [0.2, 0.25) is 0 Å². The summed E-state index contributed by atoms with van der Waals surface area (Å²) in [5.74, 6) is 0.675. The Morgan fingerprint density at radius 1 is 0.857 bits per heavy atom. The van der Waals surface area contributed by atoms with Crippen LogP contribution in [-0.2, 0) is 32.6 Å². The minimum atomic E-state index is -3.43. The molecule has 5 aromatic rings. The Kier molecular flexibility index (Phi) is 8.23. The van der Waals surface area contributed by atoms with Crippen molar-refractivity contribution in [1.29, 1.82) is 0 Å². The Hall–Kier alpha value is -3.61. The monoisotopic (exact) mass is 674 g/mol. The van der Waals surface area contributed by atoms with Gasteiger partial charge in [0.05, 0.1) is 27.4 Å². The Morgan fingerprint density at radius 2 is 1.55 bits per heavy atom. The number of hydrogen-bond acceptors (Lipinski definition) is 6. The fourth-order valence-electron chi connectivity index (χ4n) is 4.71. The molecule has 0 spiro atoms. The summed E-state index contributed by atoms with van der Waals surface area (Å²) in [6, 6.07) is 23.7. The normalized spacial score (nSPS) is 12.2. The van der Waals surface area contributed by atoms with Crippen molar-refractivity contribution >= 4 is 46.6 Å². The van der Waals surface area contributed by atoms with Crippen LogP contribution in [0.15, 0.2) is 99.2 Å². The fourth-order valence-corrected chi connectivity index (χ4v) is 7.38. The van der Waals surface area contributed by atoms with E-state index < -0.39 is 26.3 Å². The number of benzene rings is 4. The number of aromatic nitrogens is 2. The number of fused-ring (bicyclic) bond motifs is 1. The zero-order chi connectivity index (χ0) is 30.2. The number of sulfone groups is 2. The van der Waals surface area contributed by atoms with Gasteiger partial charge in [0.15, 0.2) is 19.7 Å². The largest absolute Gasteiger partial charge is 0.434 e. The summed E-state index contributed by atoms with van der Waals surface area (Å²) >= 11 is 3.36. The predicted octanol–water partition coefficient (Wildman–Crippen LogP) is 6.51. The molecular weight excluding hydrogens is 650 g/mol. The quantitative estimate of drug-likeness (QED) is 0.177. The molecule has 1 heterocycles. The predicted molar refractivity (Wildman–Crippen MR) is 161 cm³/mol. The second-order valence-electron chi connectivity index (χ2n) is 9.81. The molecular formula is C30H25BrF2N2O5S2. The van der Waals surface area contributed by atoms with Crippen molar-refractivity contribution in [1.82, 2.24) is 9.55 Å². The third kappa shape index (κ3) is 6.55. The summed E-state index contributed by atoms with van der Waals surface area (Å²) in [4.78, 5) is 5.22. The first kappa shape index (κ1) is 29.9. The topological polar surface area (TPSA) is 95.3 Å². The van der Waals surface area contributed by atoms with E-state index in [9.17, 15) is 25.6 Å². The van der Waals surface area contributed by atoms with Crippen molar-refractivity contribution in [3.63, 3.8) is 0 Å². The van der Waals surface area contributed by atoms with Crippen molar-refractivity contribution in [3.05, 3.63) is 106 Å². The molecule has 0 fully saturated rings. The Morgan fingerprint density at radius 3 is 2.19 bits per heavy atom. The molecule has 4 aromatic carbocycles. The Labute approximate surface area is 250 Å². The van der Waals surface area contributed by atoms with Crippen molar-refractivity contribution < 1.29 is 30.4 Å². The number of imidazole rings is 1. The molecule has 0 aliphatic rings. The van der Waals surface area contributed by atoms with Gasteiger partial charge in [0, 0.05) is 29.0 Å². The summed E-state index contributed by atoms with van der Waals surface area (Å²) in [5, 5.41) is 0. The zero-order valence-corrected chi connectivity index (χ0v) is 25.7. The van der Waals surface area contributed by atoms with Gasteiger partial charge in [0.2, 0.25) is 0 Å². The zero-order valence-electron chi connectivity index (χ0n) is 22.5. The lowest BCUT2D eigenvalue weighted by atomic mass is 10.1. The number of para-hydroxylation sites is 1. The van der Waals surface area contributed by atoms with E-state index in [4.69, 9.17) is 9.72 Å². The van der Waals surface area contributed by atoms with Crippen molar-refractivity contribution in [3.8, 4) is 16.9 Å². The molecule has 42 heavy (non-hydrogen) atoms. The highest BCUT2D eigenvalue weighted by molar-refractivity contribution is 9.10. The molecule has 0 saturated heterocycles. The SMILES string of the molecule is CS(=O)(=O)c1ccc(-c2ccc3nc(Cc4ccc(S(C)(=O)=O)c(Br)c4)n(Cc4ccccc4OC(F)F)c3c2)cc1. The maximum atomic E-state index is 13.2. The molecule has 0 N–H and O–H groups in total. The van der Waals surface area contributed by atoms with E-state index in [0.29, 0.717) is 27.8 Å². The van der Waals surface area contributed by atoms with Crippen LogP contribution in [0.4, 0.5) is 8.78 Å². The van der Waals surface area contributed by atoms with E-state index in [1.807, 2.05) is 22.8 Å². The van der Waals surface area contributed by atoms with E-state index in [1.165, 1.54) is 12.1 Å². The molecule has 5 rings (SSSR count). The van der Waals surface area contributed by atoms with Crippen molar-refractivity contribution in [2.75, 3.05) is 12.5 Å². The van der Waals surface area contributed by atoms with E-state index in [0.717, 1.165) is 34.7 Å². The number of alkyl halides is 2. The molecule has 0 radical (unpaired) electrons. The Balaban J connectivity index is 1.62. The van der Waals surface area contributed by atoms with Crippen LogP contribution in [0.25, 0.3) is 22.2 Å². The first-order chi connectivity index (χ1) is 19.8. The lowest BCUT2D eigenvalue weighted by Gasteiger charge is -2.14. The number of halogens is 3. The molecule has 0 atom stereocenters. The maximum absolute atomic E-state index is 13.2. The van der Waals surface area contributed by atoms with Gasteiger partial charge in [-0.05, 0) is 75.1 Å². The van der Waals surface area contributed by atoms with Gasteiger partial charge < -0.3 is 9.30 Å². The highest BCUT2D eigenvalue weighted by Crippen LogP contribution is 2.31. The van der Waals surface area contributed by atoms with E-state index >= 15 is 0 Å². The molecule has 0 aliphatic carbocycles. The van der Waals surface area contributed by atoms with Gasteiger partial charge in [-0.1, -0.05) is 42.5 Å². The molecule has 0 saturated carbocycles. The molecule has 0 aliphatic heterocycles. The summed E-state index contributed by atoms with van der Waals surface area (Å²) in [7, 11) is -6.77. The molecule has 0 unspecified atom stereocenters. The molecule has 0 amide bonds. The molecule has 1 aromatic heterocycles. The molecule has 218 valence electrons. The van der Waals surface area contributed by atoms with Crippen molar-refractivity contribution in [2.45, 2.75) is 29.4 Å². The number of hydrogen-bond donors (Lipinski definition) is 0. The first-order valence-electron chi connectivity index (χ1n) is 12.6. The second-order valence-corrected chi connectivity index (χ2v) is 14.7. The highest BCUT2D eigenvalue weighted by atomic mass is 79.9. The van der Waals surface area contributed by atoms with Gasteiger partial charge in [-0.15, -0.1) is 0 Å². The van der Waals surface area contributed by atoms with Crippen LogP contribution in [0, 0.1) is 0 Å². The summed E-state index contributed by atoms with van der Waals surface area (Å²) < 4.78 is 81.4. The number of ether oxygens (including phenoxy) is 1. The minimum absolute atomic E-state index is 0.0491. The van der Waals surface area contributed by atoms with Gasteiger partial charge in [0.1, 0.15) is 11.6 Å². The van der Waals surface area contributed by atoms with Gasteiger partial charge in [-0.2, -0.15) is 8.78 Å². The van der Waals surface area contributed by atoms with E-state index in [1.54, 1.807) is 54.6 Å². The second kappa shape index (κ2) is 11.6. The highest BCUT2D eigenvalue weighted by Gasteiger charge is 2.18. The van der Waals surface area contributed by atoms with Crippen molar-refractivity contribution in [2.24, 2.45) is 0 Å². The lowest BCUT2D eigenvalue weighted by molar-refractivity contribution is -0.0504. The fraction of sp³-hybridized carbons (Fsp3) is 0.167. The Bertz CT molecular complexity index is 2010. The van der Waals surface area contributed by atoms with Crippen LogP contribution in [0.5, 0.6) is 5.75 Å². The molecule has 0 bridgehead atoms. The van der Waals surface area contributed by atoms with Gasteiger partial charge >= 0.3 is 6.61 Å². The standard InChI is InChI=1S/C30H25BrF2N2O5S2/c1-41(36,37)23-11-8-20(9-12-23)21-10-13-25-26(17-21)35(18-22-5-3-4-6-27(22)40-30(32)33)29(34-25)16-19-7-14-28(24(31)15-19)42(2,38)39/h3-15,17,30H,16,18H2,1-2H3. The van der Waals surface area contributed by atoms with E-state index in [-0.39, 0.29) is 22.1 Å². The van der Waals surface area contributed by atoms with Crippen LogP contribution < -0.4 is 4.74 Å². The van der Waals surface area contributed by atoms with Crippen LogP contribution >= 0.6 is 15.9 Å². The lowest BCUT2D eigenvalue weighted by Crippen LogP contribution is -2.10. The molecule has 7 nitrogen and oxygen atoms in total. The van der Waals surface area contributed by atoms with Crippen LogP contribution in [0.1, 0.15) is 17.0 Å². The minimum Gasteiger partial charge on any atom is -0.434 e. The molecule has 12 heteroatoms. The maximum Gasteiger partial charge on any atom is 0.387 e. The summed E-state index contributed by atoms with van der Waals surface area (Å²) in [6.45, 7) is -2.81.